The molecule has 1 rings (SSSR count). The summed E-state index contributed by atoms with van der Waals surface area (Å²) >= 11 is 3.25. The quantitative estimate of drug-likeness (QED) is 0.867. The molecule has 17 heavy (non-hydrogen) atoms. The van der Waals surface area contributed by atoms with Crippen molar-refractivity contribution in [3.63, 3.8) is 0 Å². The van der Waals surface area contributed by atoms with Gasteiger partial charge in [0.25, 0.3) is 0 Å². The lowest BCUT2D eigenvalue weighted by Gasteiger charge is -2.16. The van der Waals surface area contributed by atoms with Crippen LogP contribution in [0.5, 0.6) is 11.5 Å². The Morgan fingerprint density at radius 3 is 2.65 bits per heavy atom. The van der Waals surface area contributed by atoms with Gasteiger partial charge in [-0.2, -0.15) is 0 Å². The summed E-state index contributed by atoms with van der Waals surface area (Å²) in [6.07, 6.45) is -0.986. The van der Waals surface area contributed by atoms with Crippen LogP contribution in [-0.2, 0) is 11.4 Å². The van der Waals surface area contributed by atoms with Crippen molar-refractivity contribution in [1.82, 2.24) is 0 Å². The minimum Gasteiger partial charge on any atom is -0.493 e. The third kappa shape index (κ3) is 3.34. The maximum absolute atomic E-state index is 10.7. The molecule has 2 N–H and O–H groups in total. The van der Waals surface area contributed by atoms with Crippen LogP contribution >= 0.6 is 15.9 Å². The molecule has 0 saturated carbocycles. The molecule has 0 aliphatic rings. The molecule has 0 bridgehead atoms. The highest BCUT2D eigenvalue weighted by molar-refractivity contribution is 9.10. The number of hydrogen-bond acceptors (Lipinski definition) is 4. The number of ether oxygens (including phenoxy) is 2. The van der Waals surface area contributed by atoms with E-state index in [0.29, 0.717) is 21.5 Å². The largest absolute Gasteiger partial charge is 0.493 e. The Bertz CT molecular complexity index is 419. The highest BCUT2D eigenvalue weighted by atomic mass is 79.9. The molecule has 0 heterocycles. The molecular formula is C11H13BrO5. The lowest BCUT2D eigenvalue weighted by Crippen LogP contribution is -2.23. The van der Waals surface area contributed by atoms with Crippen LogP contribution in [0.2, 0.25) is 0 Å². The molecule has 0 saturated heterocycles. The van der Waals surface area contributed by atoms with E-state index in [1.807, 2.05) is 0 Å². The zero-order valence-electron chi connectivity index (χ0n) is 9.44. The molecule has 0 aliphatic carbocycles. The normalized spacial score (nSPS) is 12.0. The van der Waals surface area contributed by atoms with Crippen LogP contribution < -0.4 is 9.47 Å². The highest BCUT2D eigenvalue weighted by Crippen LogP contribution is 2.37. The Morgan fingerprint density at radius 2 is 2.18 bits per heavy atom. The zero-order chi connectivity index (χ0) is 13.0. The molecule has 0 radical (unpaired) electrons. The number of carbonyl (C=O) groups is 1. The number of aliphatic hydroxyl groups is 1. The highest BCUT2D eigenvalue weighted by Gasteiger charge is 2.18. The van der Waals surface area contributed by atoms with Gasteiger partial charge in [-0.05, 0) is 40.5 Å². The first kappa shape index (κ1) is 13.8. The summed E-state index contributed by atoms with van der Waals surface area (Å²) in [6, 6.07) is 3.24. The summed E-state index contributed by atoms with van der Waals surface area (Å²) in [5.74, 6) is -0.388. The minimum atomic E-state index is -1.06. The van der Waals surface area contributed by atoms with Gasteiger partial charge < -0.3 is 19.7 Å². The van der Waals surface area contributed by atoms with Crippen molar-refractivity contribution >= 4 is 21.9 Å². The van der Waals surface area contributed by atoms with Crippen LogP contribution in [0.4, 0.5) is 0 Å². The summed E-state index contributed by atoms with van der Waals surface area (Å²) in [5.41, 5.74) is 0.643. The Labute approximate surface area is 107 Å². The van der Waals surface area contributed by atoms with Gasteiger partial charge in [0.15, 0.2) is 17.6 Å². The summed E-state index contributed by atoms with van der Waals surface area (Å²) in [4.78, 5) is 10.7. The van der Waals surface area contributed by atoms with Gasteiger partial charge in [0.1, 0.15) is 0 Å². The summed E-state index contributed by atoms with van der Waals surface area (Å²) in [6.45, 7) is 1.29. The van der Waals surface area contributed by atoms with E-state index in [1.54, 1.807) is 12.1 Å². The van der Waals surface area contributed by atoms with Crippen molar-refractivity contribution in [1.29, 1.82) is 0 Å². The van der Waals surface area contributed by atoms with Crippen LogP contribution in [0.3, 0.4) is 0 Å². The van der Waals surface area contributed by atoms with E-state index < -0.39 is 12.1 Å². The van der Waals surface area contributed by atoms with Gasteiger partial charge in [0.2, 0.25) is 0 Å². The van der Waals surface area contributed by atoms with Crippen LogP contribution in [0.1, 0.15) is 12.5 Å². The number of hydrogen-bond donors (Lipinski definition) is 2. The fraction of sp³-hybridized carbons (Fsp3) is 0.364. The van der Waals surface area contributed by atoms with E-state index in [0.717, 1.165) is 0 Å². The molecule has 94 valence electrons. The molecule has 0 spiro atoms. The fourth-order valence-corrected chi connectivity index (χ4v) is 1.79. The summed E-state index contributed by atoms with van der Waals surface area (Å²) in [7, 11) is 1.45. The SMILES string of the molecule is COc1cc(CO)cc(Br)c1OC(C)C(=O)O. The molecule has 5 nitrogen and oxygen atoms in total. The monoisotopic (exact) mass is 304 g/mol. The predicted molar refractivity (Wildman–Crippen MR) is 64.3 cm³/mol. The molecule has 1 aromatic carbocycles. The molecule has 0 aliphatic heterocycles. The van der Waals surface area contributed by atoms with E-state index in [2.05, 4.69) is 15.9 Å². The second-order valence-corrected chi connectivity index (χ2v) is 4.22. The zero-order valence-corrected chi connectivity index (χ0v) is 11.0. The van der Waals surface area contributed by atoms with Crippen LogP contribution in [0.15, 0.2) is 16.6 Å². The van der Waals surface area contributed by atoms with Gasteiger partial charge in [0.05, 0.1) is 18.2 Å². The number of halogens is 1. The Kier molecular flexibility index (Phi) is 4.77. The van der Waals surface area contributed by atoms with Gasteiger partial charge in [-0.3, -0.25) is 0 Å². The van der Waals surface area contributed by atoms with Crippen molar-refractivity contribution in [3.05, 3.63) is 22.2 Å². The molecule has 1 unspecified atom stereocenters. The first-order valence-corrected chi connectivity index (χ1v) is 5.65. The number of carboxylic acids is 1. The smallest absolute Gasteiger partial charge is 0.344 e. The van der Waals surface area contributed by atoms with E-state index in [-0.39, 0.29) is 6.61 Å². The lowest BCUT2D eigenvalue weighted by molar-refractivity contribution is -0.144. The third-order valence-corrected chi connectivity index (χ3v) is 2.70. The summed E-state index contributed by atoms with van der Waals surface area (Å²) < 4.78 is 10.9. The van der Waals surface area contributed by atoms with Crippen molar-refractivity contribution < 1.29 is 24.5 Å². The Balaban J connectivity index is 3.09. The number of aliphatic carboxylic acids is 1. The van der Waals surface area contributed by atoms with Crippen molar-refractivity contribution in [3.8, 4) is 11.5 Å². The van der Waals surface area contributed by atoms with Crippen LogP contribution in [0.25, 0.3) is 0 Å². The van der Waals surface area contributed by atoms with Crippen LogP contribution in [-0.4, -0.2) is 29.4 Å². The number of rotatable bonds is 5. The van der Waals surface area contributed by atoms with Gasteiger partial charge in [-0.15, -0.1) is 0 Å². The van der Waals surface area contributed by atoms with Gasteiger partial charge in [-0.1, -0.05) is 0 Å². The Hall–Kier alpha value is -1.27. The number of methoxy groups -OCH3 is 1. The predicted octanol–water partition coefficient (Wildman–Crippen LogP) is 1.80. The number of aliphatic hydroxyl groups excluding tert-OH is 1. The van der Waals surface area contributed by atoms with Gasteiger partial charge >= 0.3 is 5.97 Å². The van der Waals surface area contributed by atoms with E-state index >= 15 is 0 Å². The summed E-state index contributed by atoms with van der Waals surface area (Å²) in [5, 5.41) is 17.8. The second kappa shape index (κ2) is 5.88. The van der Waals surface area contributed by atoms with Crippen molar-refractivity contribution in [2.24, 2.45) is 0 Å². The molecule has 1 aromatic rings. The average molecular weight is 305 g/mol. The maximum Gasteiger partial charge on any atom is 0.344 e. The molecular weight excluding hydrogens is 292 g/mol. The van der Waals surface area contributed by atoms with E-state index in [4.69, 9.17) is 19.7 Å². The number of benzene rings is 1. The van der Waals surface area contributed by atoms with Gasteiger partial charge in [0, 0.05) is 0 Å². The first-order valence-electron chi connectivity index (χ1n) is 4.86. The maximum atomic E-state index is 10.7. The van der Waals surface area contributed by atoms with Crippen molar-refractivity contribution in [2.45, 2.75) is 19.6 Å². The molecule has 0 aromatic heterocycles. The standard InChI is InChI=1S/C11H13BrO5/c1-6(11(14)15)17-10-8(12)3-7(5-13)4-9(10)16-2/h3-4,6,13H,5H2,1-2H3,(H,14,15). The van der Waals surface area contributed by atoms with E-state index in [1.165, 1.54) is 14.0 Å². The molecule has 0 fully saturated rings. The first-order chi connectivity index (χ1) is 7.99. The minimum absolute atomic E-state index is 0.135. The Morgan fingerprint density at radius 1 is 1.53 bits per heavy atom. The lowest BCUT2D eigenvalue weighted by atomic mass is 10.2. The molecule has 1 atom stereocenters. The van der Waals surface area contributed by atoms with Crippen LogP contribution in [0, 0.1) is 0 Å². The molecule has 6 heteroatoms. The topological polar surface area (TPSA) is 76.0 Å². The molecule has 0 amide bonds. The van der Waals surface area contributed by atoms with E-state index in [9.17, 15) is 4.79 Å². The number of carboxylic acid groups (broad SMARTS) is 1. The van der Waals surface area contributed by atoms with Gasteiger partial charge in [-0.25, -0.2) is 4.79 Å². The second-order valence-electron chi connectivity index (χ2n) is 3.37. The van der Waals surface area contributed by atoms with Crippen molar-refractivity contribution in [2.75, 3.05) is 7.11 Å². The third-order valence-electron chi connectivity index (χ3n) is 2.11. The fourth-order valence-electron chi connectivity index (χ4n) is 1.21. The average Bonchev–Trinajstić information content (AvgIpc) is 2.30.